The molecule has 26 heavy (non-hydrogen) atoms. The summed E-state index contributed by atoms with van der Waals surface area (Å²) in [7, 11) is 0. The molecule has 0 aromatic heterocycles. The van der Waals surface area contributed by atoms with E-state index in [1.165, 1.54) is 0 Å². The number of carbonyl (C=O) groups is 2. The van der Waals surface area contributed by atoms with Gasteiger partial charge in [-0.15, -0.1) is 0 Å². The molecular formula is C22H32N2O2. The molecule has 142 valence electrons. The van der Waals surface area contributed by atoms with E-state index in [-0.39, 0.29) is 23.8 Å². The van der Waals surface area contributed by atoms with Crippen molar-refractivity contribution in [3.05, 3.63) is 42.0 Å². The van der Waals surface area contributed by atoms with E-state index < -0.39 is 0 Å². The van der Waals surface area contributed by atoms with E-state index in [9.17, 15) is 9.59 Å². The highest BCUT2D eigenvalue weighted by Crippen LogP contribution is 2.18. The maximum Gasteiger partial charge on any atom is 0.237 e. The van der Waals surface area contributed by atoms with Crippen LogP contribution >= 0.6 is 0 Å². The Bertz CT molecular complexity index is 612. The van der Waals surface area contributed by atoms with E-state index in [4.69, 9.17) is 0 Å². The second-order valence-corrected chi connectivity index (χ2v) is 7.37. The lowest BCUT2D eigenvalue weighted by molar-refractivity contribution is -0.129. The molecule has 1 aromatic carbocycles. The van der Waals surface area contributed by atoms with Gasteiger partial charge >= 0.3 is 0 Å². The third-order valence-corrected chi connectivity index (χ3v) is 5.20. The van der Waals surface area contributed by atoms with E-state index in [0.29, 0.717) is 12.5 Å². The number of nitrogens with zero attached hydrogens (tertiary/aromatic N) is 1. The lowest BCUT2D eigenvalue weighted by atomic mass is 9.96. The van der Waals surface area contributed by atoms with E-state index >= 15 is 0 Å². The van der Waals surface area contributed by atoms with Gasteiger partial charge in [0.2, 0.25) is 5.91 Å². The Hall–Kier alpha value is -1.94. The van der Waals surface area contributed by atoms with Crippen LogP contribution in [0.4, 0.5) is 0 Å². The molecule has 0 radical (unpaired) electrons. The highest BCUT2D eigenvalue weighted by molar-refractivity contribution is 5.84. The van der Waals surface area contributed by atoms with Crippen molar-refractivity contribution in [1.82, 2.24) is 10.2 Å². The number of hydrogen-bond donors (Lipinski definition) is 1. The first kappa shape index (κ1) is 20.4. The van der Waals surface area contributed by atoms with Crippen molar-refractivity contribution in [2.24, 2.45) is 5.92 Å². The van der Waals surface area contributed by atoms with E-state index in [0.717, 1.165) is 37.8 Å². The van der Waals surface area contributed by atoms with Gasteiger partial charge in [0.05, 0.1) is 18.6 Å². The molecule has 0 bridgehead atoms. The van der Waals surface area contributed by atoms with Gasteiger partial charge in [0.1, 0.15) is 5.78 Å². The molecule has 1 heterocycles. The molecular weight excluding hydrogens is 324 g/mol. The van der Waals surface area contributed by atoms with Gasteiger partial charge in [-0.3, -0.25) is 14.5 Å². The lowest BCUT2D eigenvalue weighted by Gasteiger charge is -2.35. The molecule has 2 rings (SSSR count). The molecule has 0 aliphatic carbocycles. The van der Waals surface area contributed by atoms with Gasteiger partial charge in [-0.1, -0.05) is 69.2 Å². The summed E-state index contributed by atoms with van der Waals surface area (Å²) in [6.07, 6.45) is 8.09. The summed E-state index contributed by atoms with van der Waals surface area (Å²) in [5.74, 6) is 0.518. The average molecular weight is 357 g/mol. The molecule has 0 unspecified atom stereocenters. The molecule has 4 heteroatoms. The maximum atomic E-state index is 12.9. The first-order valence-electron chi connectivity index (χ1n) is 9.78. The third kappa shape index (κ3) is 6.10. The maximum absolute atomic E-state index is 12.9. The predicted octanol–water partition coefficient (Wildman–Crippen LogP) is 3.67. The predicted molar refractivity (Wildman–Crippen MR) is 107 cm³/mol. The topological polar surface area (TPSA) is 49.4 Å². The molecule has 1 aliphatic heterocycles. The van der Waals surface area contributed by atoms with Crippen LogP contribution in [0.3, 0.4) is 0 Å². The van der Waals surface area contributed by atoms with Gasteiger partial charge in [-0.25, -0.2) is 0 Å². The van der Waals surface area contributed by atoms with Crippen molar-refractivity contribution < 1.29 is 9.59 Å². The first-order chi connectivity index (χ1) is 12.5. The molecule has 0 spiro atoms. The van der Waals surface area contributed by atoms with Gasteiger partial charge < -0.3 is 5.32 Å². The number of ketones is 1. The number of piperidine rings is 1. The van der Waals surface area contributed by atoms with Crippen LogP contribution in [0.15, 0.2) is 36.4 Å². The summed E-state index contributed by atoms with van der Waals surface area (Å²) in [6.45, 7) is 7.09. The largest absolute Gasteiger partial charge is 0.348 e. The Balaban J connectivity index is 2.07. The van der Waals surface area contributed by atoms with E-state index in [2.05, 4.69) is 43.4 Å². The first-order valence-corrected chi connectivity index (χ1v) is 9.78. The van der Waals surface area contributed by atoms with Gasteiger partial charge in [0, 0.05) is 0 Å². The van der Waals surface area contributed by atoms with Crippen LogP contribution in [0, 0.1) is 5.92 Å². The summed E-state index contributed by atoms with van der Waals surface area (Å²) in [6, 6.07) is 9.94. The zero-order chi connectivity index (χ0) is 18.9. The minimum absolute atomic E-state index is 0.00573. The molecule has 1 aromatic rings. The number of hydrogen-bond acceptors (Lipinski definition) is 3. The Morgan fingerprint density at radius 2 is 2.00 bits per heavy atom. The summed E-state index contributed by atoms with van der Waals surface area (Å²) >= 11 is 0. The molecule has 1 N–H and O–H groups in total. The second kappa shape index (κ2) is 10.3. The number of rotatable bonds is 8. The standard InChI is InChI=1S/C22H32N2O2/c1-4-17(2)20(14-13-19-10-6-5-7-11-19)23-22(26)21-12-8-9-15-24(21)16-18(3)25/h5-7,10-11,13-14,17,20-21H,4,8-9,12,15-16H2,1-3H3,(H,23,26)/b14-13+/t17-,20+,21-/m0/s1. The third-order valence-electron chi connectivity index (χ3n) is 5.20. The number of benzene rings is 1. The summed E-state index contributed by atoms with van der Waals surface area (Å²) in [4.78, 5) is 26.5. The fraction of sp³-hybridized carbons (Fsp3) is 0.545. The van der Waals surface area contributed by atoms with Crippen LogP contribution in [-0.4, -0.2) is 41.8 Å². The van der Waals surface area contributed by atoms with Crippen molar-refractivity contribution in [1.29, 1.82) is 0 Å². The van der Waals surface area contributed by atoms with Gasteiger partial charge in [0.25, 0.3) is 0 Å². The summed E-state index contributed by atoms with van der Waals surface area (Å²) in [5, 5.41) is 3.23. The average Bonchev–Trinajstić information content (AvgIpc) is 2.65. The molecule has 1 aliphatic rings. The Morgan fingerprint density at radius 1 is 1.27 bits per heavy atom. The molecule has 0 saturated carbocycles. The van der Waals surface area contributed by atoms with Gasteiger partial charge in [-0.2, -0.15) is 0 Å². The van der Waals surface area contributed by atoms with Crippen molar-refractivity contribution >= 4 is 17.8 Å². The number of nitrogens with one attached hydrogen (secondary N) is 1. The number of amides is 1. The zero-order valence-electron chi connectivity index (χ0n) is 16.3. The van der Waals surface area contributed by atoms with Crippen LogP contribution in [0.2, 0.25) is 0 Å². The molecule has 1 saturated heterocycles. The molecule has 3 atom stereocenters. The van der Waals surface area contributed by atoms with Crippen molar-refractivity contribution in [3.8, 4) is 0 Å². The quantitative estimate of drug-likeness (QED) is 0.773. The normalized spacial score (nSPS) is 20.7. The Kier molecular flexibility index (Phi) is 8.05. The smallest absolute Gasteiger partial charge is 0.237 e. The van der Waals surface area contributed by atoms with E-state index in [1.54, 1.807) is 6.92 Å². The van der Waals surface area contributed by atoms with Crippen LogP contribution in [0.1, 0.15) is 52.0 Å². The zero-order valence-corrected chi connectivity index (χ0v) is 16.3. The monoisotopic (exact) mass is 356 g/mol. The van der Waals surface area contributed by atoms with Gasteiger partial charge in [0.15, 0.2) is 0 Å². The van der Waals surface area contributed by atoms with Crippen LogP contribution < -0.4 is 5.32 Å². The fourth-order valence-electron chi connectivity index (χ4n) is 3.44. The second-order valence-electron chi connectivity index (χ2n) is 7.37. The molecule has 1 amide bonds. The van der Waals surface area contributed by atoms with E-state index in [1.807, 2.05) is 23.1 Å². The fourth-order valence-corrected chi connectivity index (χ4v) is 3.44. The number of carbonyl (C=O) groups excluding carboxylic acids is 2. The highest BCUT2D eigenvalue weighted by atomic mass is 16.2. The van der Waals surface area contributed by atoms with Crippen LogP contribution in [-0.2, 0) is 9.59 Å². The summed E-state index contributed by atoms with van der Waals surface area (Å²) < 4.78 is 0. The summed E-state index contributed by atoms with van der Waals surface area (Å²) in [5.41, 5.74) is 1.13. The lowest BCUT2D eigenvalue weighted by Crippen LogP contribution is -2.53. The van der Waals surface area contributed by atoms with Crippen molar-refractivity contribution in [2.75, 3.05) is 13.1 Å². The molecule has 1 fully saturated rings. The Morgan fingerprint density at radius 3 is 2.65 bits per heavy atom. The number of Topliss-reactive ketones (excluding diaryl/α,β-unsaturated/α-hetero) is 1. The minimum Gasteiger partial charge on any atom is -0.348 e. The van der Waals surface area contributed by atoms with Gasteiger partial charge in [-0.05, 0) is 37.8 Å². The van der Waals surface area contributed by atoms with Crippen molar-refractivity contribution in [2.45, 2.75) is 58.5 Å². The van der Waals surface area contributed by atoms with Crippen LogP contribution in [0.5, 0.6) is 0 Å². The number of likely N-dealkylation sites (tertiary alicyclic amines) is 1. The minimum atomic E-state index is -0.190. The highest BCUT2D eigenvalue weighted by Gasteiger charge is 2.30. The Labute approximate surface area is 157 Å². The SMILES string of the molecule is CC[C@H](C)[C@@H](/C=C/c1ccccc1)NC(=O)[C@@H]1CCCCN1CC(C)=O. The van der Waals surface area contributed by atoms with Crippen molar-refractivity contribution in [3.63, 3.8) is 0 Å². The van der Waals surface area contributed by atoms with Crippen LogP contribution in [0.25, 0.3) is 6.08 Å². The molecule has 4 nitrogen and oxygen atoms in total.